The van der Waals surface area contributed by atoms with Gasteiger partial charge in [-0.25, -0.2) is 0 Å². The van der Waals surface area contributed by atoms with Crippen molar-refractivity contribution < 1.29 is 42.9 Å². The summed E-state index contributed by atoms with van der Waals surface area (Å²) < 4.78 is 28.5. The van der Waals surface area contributed by atoms with Gasteiger partial charge in [0.1, 0.15) is 0 Å². The summed E-state index contributed by atoms with van der Waals surface area (Å²) >= 11 is 0. The van der Waals surface area contributed by atoms with Crippen molar-refractivity contribution in [3.63, 3.8) is 0 Å². The number of rotatable bonds is 6. The van der Waals surface area contributed by atoms with Crippen LogP contribution in [0, 0.1) is 13.8 Å². The van der Waals surface area contributed by atoms with Gasteiger partial charge in [0.15, 0.2) is 35.7 Å². The third kappa shape index (κ3) is 5.37. The average Bonchev–Trinajstić information content (AvgIpc) is 3.01. The number of hydrogen-bond donors (Lipinski definition) is 0. The van der Waals surface area contributed by atoms with Gasteiger partial charge in [-0.05, 0) is 86.1 Å². The van der Waals surface area contributed by atoms with Crippen molar-refractivity contribution in [3.8, 4) is 0 Å². The first-order valence-corrected chi connectivity index (χ1v) is 14.6. The van der Waals surface area contributed by atoms with E-state index >= 15 is 0 Å². The molecule has 2 fully saturated rings. The number of Topliss-reactive ketones (excluding diaryl/α,β-unsaturated/α-hetero) is 2. The second kappa shape index (κ2) is 11.6. The third-order valence-corrected chi connectivity index (χ3v) is 8.90. The lowest BCUT2D eigenvalue weighted by Crippen LogP contribution is -2.35. The summed E-state index contributed by atoms with van der Waals surface area (Å²) in [5.41, 5.74) is 5.42. The minimum absolute atomic E-state index is 0.0600. The molecule has 224 valence electrons. The highest BCUT2D eigenvalue weighted by molar-refractivity contribution is 6.24. The van der Waals surface area contributed by atoms with E-state index in [1.165, 1.54) is 26.4 Å². The lowest BCUT2D eigenvalue weighted by molar-refractivity contribution is -0.268. The Hall–Kier alpha value is -3.92. The van der Waals surface area contributed by atoms with Gasteiger partial charge in [0.25, 0.3) is 0 Å². The molecule has 0 spiro atoms. The van der Waals surface area contributed by atoms with Crippen LogP contribution in [0.25, 0.3) is 0 Å². The number of allylic oxidation sites excluding steroid dienone is 4. The Morgan fingerprint density at radius 3 is 1.37 bits per heavy atom. The number of fused-ring (bicyclic) bond motifs is 2. The minimum Gasteiger partial charge on any atom is -0.492 e. The van der Waals surface area contributed by atoms with Crippen LogP contribution in [0.2, 0.25) is 0 Å². The number of ketones is 4. The van der Waals surface area contributed by atoms with Gasteiger partial charge in [-0.2, -0.15) is 0 Å². The largest absolute Gasteiger partial charge is 0.492 e. The van der Waals surface area contributed by atoms with Gasteiger partial charge in [0.2, 0.25) is 11.6 Å². The lowest BCUT2D eigenvalue weighted by atomic mass is 9.83. The second-order valence-corrected chi connectivity index (χ2v) is 11.5. The predicted molar refractivity (Wildman–Crippen MR) is 154 cm³/mol. The van der Waals surface area contributed by atoms with Crippen molar-refractivity contribution in [2.75, 3.05) is 27.4 Å². The van der Waals surface area contributed by atoms with E-state index in [1.54, 1.807) is 12.1 Å². The monoisotopic (exact) mass is 586 g/mol. The SMILES string of the molecule is COC1=CC(=O)c2cc(C3CCC(OC4CCC(c5cc6c(cc5C)C(=O)C(OC)=CC6=O)CO4)OC3)c(C)cc2C1=O. The lowest BCUT2D eigenvalue weighted by Gasteiger charge is -2.35. The topological polar surface area (TPSA) is 114 Å². The molecule has 0 bridgehead atoms. The third-order valence-electron chi connectivity index (χ3n) is 8.90. The van der Waals surface area contributed by atoms with Gasteiger partial charge in [-0.15, -0.1) is 0 Å². The fourth-order valence-electron chi connectivity index (χ4n) is 6.54. The van der Waals surface area contributed by atoms with Gasteiger partial charge in [-0.3, -0.25) is 19.2 Å². The highest BCUT2D eigenvalue weighted by Crippen LogP contribution is 2.37. The molecule has 0 radical (unpaired) electrons. The zero-order valence-corrected chi connectivity index (χ0v) is 24.7. The molecule has 2 aromatic rings. The maximum atomic E-state index is 12.7. The number of carbonyl (C=O) groups is 4. The molecular formula is C34H34O9. The Bertz CT molecular complexity index is 1460. The van der Waals surface area contributed by atoms with Crippen molar-refractivity contribution in [2.45, 2.75) is 63.9 Å². The first kappa shape index (κ1) is 29.2. The van der Waals surface area contributed by atoms with E-state index in [0.29, 0.717) is 48.3 Å². The Morgan fingerprint density at radius 1 is 0.605 bits per heavy atom. The van der Waals surface area contributed by atoms with Crippen molar-refractivity contribution in [3.05, 3.63) is 92.4 Å². The summed E-state index contributed by atoms with van der Waals surface area (Å²) in [6.07, 6.45) is 4.65. The molecule has 2 aliphatic carbocycles. The summed E-state index contributed by atoms with van der Waals surface area (Å²) in [6.45, 7) is 4.75. The van der Waals surface area contributed by atoms with Gasteiger partial charge < -0.3 is 23.7 Å². The van der Waals surface area contributed by atoms with Crippen LogP contribution in [0.5, 0.6) is 0 Å². The van der Waals surface area contributed by atoms with E-state index < -0.39 is 12.6 Å². The summed E-state index contributed by atoms with van der Waals surface area (Å²) in [7, 11) is 2.77. The van der Waals surface area contributed by atoms with E-state index in [2.05, 4.69) is 0 Å². The maximum Gasteiger partial charge on any atom is 0.228 e. The molecular weight excluding hydrogens is 552 g/mol. The van der Waals surface area contributed by atoms with Gasteiger partial charge >= 0.3 is 0 Å². The minimum atomic E-state index is -0.401. The van der Waals surface area contributed by atoms with Crippen LogP contribution in [-0.4, -0.2) is 63.1 Å². The molecule has 4 atom stereocenters. The molecule has 6 rings (SSSR count). The van der Waals surface area contributed by atoms with Crippen molar-refractivity contribution in [1.82, 2.24) is 0 Å². The highest BCUT2D eigenvalue weighted by Gasteiger charge is 2.34. The predicted octanol–water partition coefficient (Wildman–Crippen LogP) is 5.28. The highest BCUT2D eigenvalue weighted by atomic mass is 16.8. The summed E-state index contributed by atoms with van der Waals surface area (Å²) in [4.78, 5) is 50.6. The molecule has 2 saturated heterocycles. The van der Waals surface area contributed by atoms with E-state index in [-0.39, 0.29) is 46.5 Å². The van der Waals surface area contributed by atoms with Crippen LogP contribution >= 0.6 is 0 Å². The Balaban J connectivity index is 1.05. The van der Waals surface area contributed by atoms with Crippen LogP contribution in [-0.2, 0) is 23.7 Å². The number of benzene rings is 2. The van der Waals surface area contributed by atoms with Gasteiger partial charge in [0.05, 0.1) is 27.4 Å². The average molecular weight is 587 g/mol. The summed E-state index contributed by atoms with van der Waals surface area (Å²) in [5.74, 6) is -0.754. The zero-order valence-electron chi connectivity index (χ0n) is 24.7. The van der Waals surface area contributed by atoms with E-state index in [9.17, 15) is 19.2 Å². The molecule has 2 aromatic carbocycles. The van der Waals surface area contributed by atoms with Crippen LogP contribution in [0.4, 0.5) is 0 Å². The van der Waals surface area contributed by atoms with Crippen molar-refractivity contribution in [1.29, 1.82) is 0 Å². The molecule has 4 aliphatic rings. The fraction of sp³-hybridized carbons (Fsp3) is 0.412. The van der Waals surface area contributed by atoms with Gasteiger partial charge in [-0.1, -0.05) is 0 Å². The van der Waals surface area contributed by atoms with Crippen LogP contribution in [0.3, 0.4) is 0 Å². The second-order valence-electron chi connectivity index (χ2n) is 11.5. The number of hydrogen-bond acceptors (Lipinski definition) is 9. The molecule has 0 aromatic heterocycles. The Labute approximate surface area is 249 Å². The summed E-state index contributed by atoms with van der Waals surface area (Å²) in [6, 6.07) is 7.20. The van der Waals surface area contributed by atoms with Crippen LogP contribution in [0.15, 0.2) is 47.9 Å². The first-order valence-electron chi connectivity index (χ1n) is 14.6. The van der Waals surface area contributed by atoms with Crippen LogP contribution < -0.4 is 0 Å². The normalized spacial score (nSPS) is 25.5. The number of methoxy groups -OCH3 is 2. The van der Waals surface area contributed by atoms with Crippen molar-refractivity contribution in [2.24, 2.45) is 0 Å². The quantitative estimate of drug-likeness (QED) is 0.446. The molecule has 2 heterocycles. The molecule has 9 nitrogen and oxygen atoms in total. The molecule has 0 N–H and O–H groups in total. The smallest absolute Gasteiger partial charge is 0.228 e. The molecule has 9 heteroatoms. The van der Waals surface area contributed by atoms with E-state index in [1.807, 2.05) is 26.0 Å². The number of ether oxygens (including phenoxy) is 5. The molecule has 4 unspecified atom stereocenters. The van der Waals surface area contributed by atoms with E-state index in [0.717, 1.165) is 35.1 Å². The molecule has 0 amide bonds. The standard InChI is InChI=1S/C34H34O9/c1-17-9-25-23(27(35)13-29(39-3)33(25)37)11-21(17)19-5-7-31(41-15-19)43-32-8-6-20(16-42-32)22-12-24-26(10-18(22)2)34(38)30(40-4)14-28(24)36/h9-14,19-20,31-32H,5-8,15-16H2,1-4H3. The molecule has 0 saturated carbocycles. The maximum absolute atomic E-state index is 12.7. The fourth-order valence-corrected chi connectivity index (χ4v) is 6.54. The zero-order chi connectivity index (χ0) is 30.4. The number of carbonyl (C=O) groups excluding carboxylic acids is 4. The van der Waals surface area contributed by atoms with E-state index in [4.69, 9.17) is 23.7 Å². The van der Waals surface area contributed by atoms with Gasteiger partial charge in [0, 0.05) is 46.2 Å². The Morgan fingerprint density at radius 2 is 1.02 bits per heavy atom. The molecule has 2 aliphatic heterocycles. The summed E-state index contributed by atoms with van der Waals surface area (Å²) in [5, 5.41) is 0. The number of aryl methyl sites for hydroxylation is 2. The van der Waals surface area contributed by atoms with Crippen LogP contribution in [0.1, 0.15) is 101 Å². The van der Waals surface area contributed by atoms with Crippen molar-refractivity contribution >= 4 is 23.1 Å². The molecule has 43 heavy (non-hydrogen) atoms. The Kier molecular flexibility index (Phi) is 7.89. The first-order chi connectivity index (χ1) is 20.7.